The number of nitrogens with zero attached hydrogens (tertiary/aromatic N) is 1. The van der Waals surface area contributed by atoms with Crippen molar-refractivity contribution in [3.05, 3.63) is 53.3 Å². The normalized spacial score (nSPS) is 12.2. The third-order valence-corrected chi connectivity index (χ3v) is 2.60. The van der Waals surface area contributed by atoms with Crippen molar-refractivity contribution in [1.82, 2.24) is 4.98 Å². The molecule has 2 N–H and O–H groups in total. The van der Waals surface area contributed by atoms with E-state index in [-0.39, 0.29) is 6.04 Å². The Kier molecular flexibility index (Phi) is 4.18. The average Bonchev–Trinajstić information content (AvgIpc) is 2.31. The van der Waals surface area contributed by atoms with Gasteiger partial charge in [0.05, 0.1) is 11.2 Å². The van der Waals surface area contributed by atoms with E-state index in [1.54, 1.807) is 18.5 Å². The molecule has 0 bridgehead atoms. The Morgan fingerprint density at radius 1 is 1.22 bits per heavy atom. The molecule has 0 saturated heterocycles. The molecule has 0 radical (unpaired) electrons. The van der Waals surface area contributed by atoms with Gasteiger partial charge < -0.3 is 10.5 Å². The molecule has 0 saturated carbocycles. The molecular formula is C14H15ClN2O. The van der Waals surface area contributed by atoms with Crippen molar-refractivity contribution < 1.29 is 4.74 Å². The zero-order chi connectivity index (χ0) is 13.0. The molecule has 4 heteroatoms. The average molecular weight is 263 g/mol. The molecule has 1 aromatic heterocycles. The SMILES string of the molecule is CC(N)Cc1ccc(Oc2cncc(Cl)c2)cc1. The number of aromatic nitrogens is 1. The van der Waals surface area contributed by atoms with Gasteiger partial charge in [-0.15, -0.1) is 0 Å². The molecule has 2 aromatic rings. The number of nitrogens with two attached hydrogens (primary N) is 1. The van der Waals surface area contributed by atoms with Crippen LogP contribution in [0.2, 0.25) is 5.02 Å². The Labute approximate surface area is 112 Å². The lowest BCUT2D eigenvalue weighted by Gasteiger charge is -2.08. The van der Waals surface area contributed by atoms with Crippen molar-refractivity contribution in [2.24, 2.45) is 5.73 Å². The number of halogens is 1. The van der Waals surface area contributed by atoms with Gasteiger partial charge in [-0.3, -0.25) is 4.98 Å². The van der Waals surface area contributed by atoms with Crippen LogP contribution in [0.15, 0.2) is 42.7 Å². The molecule has 94 valence electrons. The summed E-state index contributed by atoms with van der Waals surface area (Å²) in [6, 6.07) is 9.74. The number of pyridine rings is 1. The molecule has 0 aliphatic carbocycles. The Balaban J connectivity index is 2.06. The molecule has 1 unspecified atom stereocenters. The quantitative estimate of drug-likeness (QED) is 0.918. The third kappa shape index (κ3) is 3.72. The minimum absolute atomic E-state index is 0.161. The fourth-order valence-corrected chi connectivity index (χ4v) is 1.81. The van der Waals surface area contributed by atoms with E-state index in [2.05, 4.69) is 4.98 Å². The maximum Gasteiger partial charge on any atom is 0.147 e. The van der Waals surface area contributed by atoms with Crippen molar-refractivity contribution in [2.75, 3.05) is 0 Å². The number of benzene rings is 1. The molecule has 18 heavy (non-hydrogen) atoms. The summed E-state index contributed by atoms with van der Waals surface area (Å²) >= 11 is 5.84. The summed E-state index contributed by atoms with van der Waals surface area (Å²) in [5.74, 6) is 1.38. The second-order valence-corrected chi connectivity index (χ2v) is 4.70. The number of rotatable bonds is 4. The van der Waals surface area contributed by atoms with Crippen LogP contribution in [0.5, 0.6) is 11.5 Å². The van der Waals surface area contributed by atoms with Gasteiger partial charge in [-0.05, 0) is 31.0 Å². The predicted molar refractivity (Wildman–Crippen MR) is 73.1 cm³/mol. The maximum absolute atomic E-state index is 5.84. The van der Waals surface area contributed by atoms with Crippen LogP contribution >= 0.6 is 11.6 Å². The first-order valence-corrected chi connectivity index (χ1v) is 6.14. The second-order valence-electron chi connectivity index (χ2n) is 4.27. The highest BCUT2D eigenvalue weighted by atomic mass is 35.5. The molecular weight excluding hydrogens is 248 g/mol. The summed E-state index contributed by atoms with van der Waals surface area (Å²) in [6.45, 7) is 1.99. The van der Waals surface area contributed by atoms with Crippen molar-refractivity contribution in [2.45, 2.75) is 19.4 Å². The molecule has 1 aromatic carbocycles. The molecule has 1 atom stereocenters. The minimum atomic E-state index is 0.161. The van der Waals surface area contributed by atoms with Crippen LogP contribution < -0.4 is 10.5 Å². The summed E-state index contributed by atoms with van der Waals surface area (Å²) in [7, 11) is 0. The zero-order valence-electron chi connectivity index (χ0n) is 10.1. The van der Waals surface area contributed by atoms with Gasteiger partial charge in [0.25, 0.3) is 0 Å². The highest BCUT2D eigenvalue weighted by Gasteiger charge is 2.01. The first kappa shape index (κ1) is 12.9. The Morgan fingerprint density at radius 2 is 1.94 bits per heavy atom. The van der Waals surface area contributed by atoms with E-state index < -0.39 is 0 Å². The van der Waals surface area contributed by atoms with Gasteiger partial charge in [-0.25, -0.2) is 0 Å². The summed E-state index contributed by atoms with van der Waals surface area (Å²) in [5.41, 5.74) is 6.94. The largest absolute Gasteiger partial charge is 0.456 e. The fourth-order valence-electron chi connectivity index (χ4n) is 1.65. The standard InChI is InChI=1S/C14H15ClN2O/c1-10(16)6-11-2-4-13(5-3-11)18-14-7-12(15)8-17-9-14/h2-5,7-10H,6,16H2,1H3. The summed E-state index contributed by atoms with van der Waals surface area (Å²) in [6.07, 6.45) is 4.06. The summed E-state index contributed by atoms with van der Waals surface area (Å²) < 4.78 is 5.64. The Bertz CT molecular complexity index is 511. The van der Waals surface area contributed by atoms with Gasteiger partial charge in [-0.2, -0.15) is 0 Å². The third-order valence-electron chi connectivity index (χ3n) is 2.40. The molecule has 0 fully saturated rings. The second kappa shape index (κ2) is 5.85. The van der Waals surface area contributed by atoms with E-state index in [0.29, 0.717) is 10.8 Å². The van der Waals surface area contributed by atoms with Crippen LogP contribution in [-0.2, 0) is 6.42 Å². The van der Waals surface area contributed by atoms with Gasteiger partial charge in [-0.1, -0.05) is 23.7 Å². The van der Waals surface area contributed by atoms with Crippen molar-refractivity contribution in [3.8, 4) is 11.5 Å². The van der Waals surface area contributed by atoms with E-state index in [4.69, 9.17) is 22.1 Å². The van der Waals surface area contributed by atoms with Gasteiger partial charge >= 0.3 is 0 Å². The maximum atomic E-state index is 5.84. The first-order chi connectivity index (χ1) is 8.63. The lowest BCUT2D eigenvalue weighted by molar-refractivity contribution is 0.480. The fraction of sp³-hybridized carbons (Fsp3) is 0.214. The van der Waals surface area contributed by atoms with Crippen LogP contribution in [0.3, 0.4) is 0 Å². The molecule has 0 aliphatic heterocycles. The van der Waals surface area contributed by atoms with Crippen LogP contribution in [-0.4, -0.2) is 11.0 Å². The van der Waals surface area contributed by atoms with E-state index in [1.165, 1.54) is 5.56 Å². The predicted octanol–water partition coefficient (Wildman–Crippen LogP) is 3.42. The molecule has 3 nitrogen and oxygen atoms in total. The first-order valence-electron chi connectivity index (χ1n) is 5.76. The Hall–Kier alpha value is -1.58. The van der Waals surface area contributed by atoms with E-state index in [9.17, 15) is 0 Å². The van der Waals surface area contributed by atoms with E-state index in [0.717, 1.165) is 12.2 Å². The van der Waals surface area contributed by atoms with Crippen molar-refractivity contribution in [3.63, 3.8) is 0 Å². The topological polar surface area (TPSA) is 48.1 Å². The molecule has 2 rings (SSSR count). The Morgan fingerprint density at radius 3 is 2.56 bits per heavy atom. The van der Waals surface area contributed by atoms with E-state index in [1.807, 2.05) is 31.2 Å². The molecule has 0 spiro atoms. The molecule has 1 heterocycles. The monoisotopic (exact) mass is 262 g/mol. The van der Waals surface area contributed by atoms with Gasteiger partial charge in [0.1, 0.15) is 11.5 Å². The van der Waals surface area contributed by atoms with Crippen molar-refractivity contribution >= 4 is 11.6 Å². The van der Waals surface area contributed by atoms with Crippen LogP contribution in [0, 0.1) is 0 Å². The van der Waals surface area contributed by atoms with Crippen LogP contribution in [0.4, 0.5) is 0 Å². The summed E-state index contributed by atoms with van der Waals surface area (Å²) in [4.78, 5) is 3.96. The lowest BCUT2D eigenvalue weighted by atomic mass is 10.1. The van der Waals surface area contributed by atoms with Crippen molar-refractivity contribution in [1.29, 1.82) is 0 Å². The summed E-state index contributed by atoms with van der Waals surface area (Å²) in [5, 5.41) is 0.557. The molecule has 0 amide bonds. The number of hydrogen-bond acceptors (Lipinski definition) is 3. The zero-order valence-corrected chi connectivity index (χ0v) is 10.9. The highest BCUT2D eigenvalue weighted by Crippen LogP contribution is 2.23. The highest BCUT2D eigenvalue weighted by molar-refractivity contribution is 6.30. The van der Waals surface area contributed by atoms with Gasteiger partial charge in [0.15, 0.2) is 0 Å². The van der Waals surface area contributed by atoms with E-state index >= 15 is 0 Å². The smallest absolute Gasteiger partial charge is 0.147 e. The lowest BCUT2D eigenvalue weighted by Crippen LogP contribution is -2.17. The van der Waals surface area contributed by atoms with Gasteiger partial charge in [0.2, 0.25) is 0 Å². The minimum Gasteiger partial charge on any atom is -0.456 e. The number of hydrogen-bond donors (Lipinski definition) is 1. The molecule has 0 aliphatic rings. The number of ether oxygens (including phenoxy) is 1. The van der Waals surface area contributed by atoms with Crippen LogP contribution in [0.1, 0.15) is 12.5 Å². The van der Waals surface area contributed by atoms with Gasteiger partial charge in [0, 0.05) is 18.3 Å². The van der Waals surface area contributed by atoms with Crippen LogP contribution in [0.25, 0.3) is 0 Å².